The quantitative estimate of drug-likeness (QED) is 0.857. The highest BCUT2D eigenvalue weighted by Gasteiger charge is 2.19. The maximum Gasteiger partial charge on any atom is 0.142 e. The SMILES string of the molecule is CC1CCCCCC1NCc1csc(-c2ccccn2)n1. The van der Waals surface area contributed by atoms with Crippen LogP contribution >= 0.6 is 11.3 Å². The lowest BCUT2D eigenvalue weighted by atomic mass is 9.97. The molecule has 3 nitrogen and oxygen atoms in total. The summed E-state index contributed by atoms with van der Waals surface area (Å²) in [6.45, 7) is 3.25. The zero-order chi connectivity index (χ0) is 14.5. The fourth-order valence-corrected chi connectivity index (χ4v) is 3.82. The molecule has 2 heterocycles. The molecule has 1 aliphatic carbocycles. The lowest BCUT2D eigenvalue weighted by Gasteiger charge is -2.22. The summed E-state index contributed by atoms with van der Waals surface area (Å²) in [7, 11) is 0. The number of thiazole rings is 1. The Labute approximate surface area is 130 Å². The molecule has 1 aliphatic rings. The molecule has 2 atom stereocenters. The van der Waals surface area contributed by atoms with E-state index in [2.05, 4.69) is 22.6 Å². The molecule has 2 aromatic heterocycles. The molecule has 0 radical (unpaired) electrons. The van der Waals surface area contributed by atoms with Gasteiger partial charge >= 0.3 is 0 Å². The van der Waals surface area contributed by atoms with E-state index in [1.165, 1.54) is 32.1 Å². The van der Waals surface area contributed by atoms with Crippen LogP contribution in [0.3, 0.4) is 0 Å². The van der Waals surface area contributed by atoms with Crippen molar-refractivity contribution >= 4 is 11.3 Å². The van der Waals surface area contributed by atoms with Crippen LogP contribution in [0, 0.1) is 5.92 Å². The van der Waals surface area contributed by atoms with Crippen LogP contribution in [0.5, 0.6) is 0 Å². The van der Waals surface area contributed by atoms with Gasteiger partial charge in [0.1, 0.15) is 5.01 Å². The summed E-state index contributed by atoms with van der Waals surface area (Å²) >= 11 is 1.68. The van der Waals surface area contributed by atoms with Crippen LogP contribution in [-0.4, -0.2) is 16.0 Å². The third-order valence-corrected chi connectivity index (χ3v) is 5.26. The van der Waals surface area contributed by atoms with E-state index in [1.807, 2.05) is 24.4 Å². The molecule has 112 valence electrons. The van der Waals surface area contributed by atoms with Crippen molar-refractivity contribution in [1.82, 2.24) is 15.3 Å². The van der Waals surface area contributed by atoms with Gasteiger partial charge < -0.3 is 5.32 Å². The van der Waals surface area contributed by atoms with E-state index in [1.54, 1.807) is 11.3 Å². The molecule has 0 bridgehead atoms. The molecule has 1 fully saturated rings. The first-order valence-electron chi connectivity index (χ1n) is 7.92. The van der Waals surface area contributed by atoms with Crippen molar-refractivity contribution in [3.8, 4) is 10.7 Å². The highest BCUT2D eigenvalue weighted by atomic mass is 32.1. The largest absolute Gasteiger partial charge is 0.308 e. The molecule has 0 aromatic carbocycles. The lowest BCUT2D eigenvalue weighted by molar-refractivity contribution is 0.355. The van der Waals surface area contributed by atoms with E-state index in [4.69, 9.17) is 4.98 Å². The smallest absolute Gasteiger partial charge is 0.142 e. The Balaban J connectivity index is 1.60. The Morgan fingerprint density at radius 2 is 2.14 bits per heavy atom. The van der Waals surface area contributed by atoms with Crippen LogP contribution in [0.1, 0.15) is 44.7 Å². The van der Waals surface area contributed by atoms with Crippen LogP contribution in [0.15, 0.2) is 29.8 Å². The minimum Gasteiger partial charge on any atom is -0.308 e. The molecule has 3 rings (SSSR count). The Kier molecular flexibility index (Phi) is 4.99. The van der Waals surface area contributed by atoms with Gasteiger partial charge in [0.05, 0.1) is 11.4 Å². The van der Waals surface area contributed by atoms with Crippen molar-refractivity contribution in [2.45, 2.75) is 51.6 Å². The van der Waals surface area contributed by atoms with E-state index in [0.29, 0.717) is 6.04 Å². The lowest BCUT2D eigenvalue weighted by Crippen LogP contribution is -2.33. The van der Waals surface area contributed by atoms with Crippen LogP contribution < -0.4 is 5.32 Å². The Bertz CT molecular complexity index is 552. The molecule has 21 heavy (non-hydrogen) atoms. The number of pyridine rings is 1. The Hall–Kier alpha value is -1.26. The highest BCUT2D eigenvalue weighted by molar-refractivity contribution is 7.13. The van der Waals surface area contributed by atoms with Crippen molar-refractivity contribution in [3.05, 3.63) is 35.5 Å². The first-order valence-corrected chi connectivity index (χ1v) is 8.80. The summed E-state index contributed by atoms with van der Waals surface area (Å²) in [5, 5.41) is 6.88. The second kappa shape index (κ2) is 7.14. The average Bonchev–Trinajstić information content (AvgIpc) is 2.90. The Morgan fingerprint density at radius 3 is 3.00 bits per heavy atom. The van der Waals surface area contributed by atoms with Gasteiger partial charge in [-0.1, -0.05) is 32.3 Å². The van der Waals surface area contributed by atoms with Gasteiger partial charge in [-0.25, -0.2) is 4.98 Å². The monoisotopic (exact) mass is 301 g/mol. The van der Waals surface area contributed by atoms with Gasteiger partial charge in [0.25, 0.3) is 0 Å². The molecule has 1 saturated carbocycles. The van der Waals surface area contributed by atoms with Gasteiger partial charge in [0, 0.05) is 24.2 Å². The molecule has 0 saturated heterocycles. The Morgan fingerprint density at radius 1 is 1.24 bits per heavy atom. The minimum atomic E-state index is 0.646. The van der Waals surface area contributed by atoms with Crippen LogP contribution in [0.4, 0.5) is 0 Å². The van der Waals surface area contributed by atoms with Gasteiger partial charge in [-0.3, -0.25) is 4.98 Å². The molecule has 4 heteroatoms. The second-order valence-electron chi connectivity index (χ2n) is 5.96. The van der Waals surface area contributed by atoms with E-state index in [-0.39, 0.29) is 0 Å². The van der Waals surface area contributed by atoms with E-state index >= 15 is 0 Å². The van der Waals surface area contributed by atoms with Gasteiger partial charge in [-0.2, -0.15) is 0 Å². The molecular weight excluding hydrogens is 278 g/mol. The van der Waals surface area contributed by atoms with Crippen molar-refractivity contribution in [1.29, 1.82) is 0 Å². The van der Waals surface area contributed by atoms with Crippen molar-refractivity contribution in [3.63, 3.8) is 0 Å². The number of nitrogens with zero attached hydrogens (tertiary/aromatic N) is 2. The van der Waals surface area contributed by atoms with Crippen molar-refractivity contribution in [2.24, 2.45) is 5.92 Å². The number of hydrogen-bond donors (Lipinski definition) is 1. The first kappa shape index (κ1) is 14.7. The molecule has 2 aromatic rings. The maximum absolute atomic E-state index is 4.71. The van der Waals surface area contributed by atoms with E-state index < -0.39 is 0 Å². The summed E-state index contributed by atoms with van der Waals surface area (Å²) in [5.41, 5.74) is 2.11. The molecule has 1 N–H and O–H groups in total. The van der Waals surface area contributed by atoms with Gasteiger partial charge in [0.2, 0.25) is 0 Å². The molecular formula is C17H23N3S. The summed E-state index contributed by atoms with van der Waals surface area (Å²) < 4.78 is 0. The molecule has 0 spiro atoms. The fourth-order valence-electron chi connectivity index (χ4n) is 3.03. The van der Waals surface area contributed by atoms with E-state index in [9.17, 15) is 0 Å². The fraction of sp³-hybridized carbons (Fsp3) is 0.529. The third-order valence-electron chi connectivity index (χ3n) is 4.34. The molecule has 0 amide bonds. The average molecular weight is 301 g/mol. The summed E-state index contributed by atoms with van der Waals surface area (Å²) in [6.07, 6.45) is 8.62. The number of rotatable bonds is 4. The van der Waals surface area contributed by atoms with E-state index in [0.717, 1.165) is 28.9 Å². The number of aromatic nitrogens is 2. The highest BCUT2D eigenvalue weighted by Crippen LogP contribution is 2.24. The molecule has 0 aliphatic heterocycles. The third kappa shape index (κ3) is 3.89. The second-order valence-corrected chi connectivity index (χ2v) is 6.82. The maximum atomic E-state index is 4.71. The summed E-state index contributed by atoms with van der Waals surface area (Å²) in [5.74, 6) is 0.779. The van der Waals surface area contributed by atoms with Crippen molar-refractivity contribution < 1.29 is 0 Å². The summed E-state index contributed by atoms with van der Waals surface area (Å²) in [6, 6.07) is 6.61. The topological polar surface area (TPSA) is 37.8 Å². The molecule has 2 unspecified atom stereocenters. The van der Waals surface area contributed by atoms with Crippen molar-refractivity contribution in [2.75, 3.05) is 0 Å². The van der Waals surface area contributed by atoms with Gasteiger partial charge in [0.15, 0.2) is 0 Å². The summed E-state index contributed by atoms with van der Waals surface area (Å²) in [4.78, 5) is 9.07. The van der Waals surface area contributed by atoms with Gasteiger partial charge in [-0.05, 0) is 30.9 Å². The number of nitrogens with one attached hydrogen (secondary N) is 1. The normalized spacial score (nSPS) is 22.9. The van der Waals surface area contributed by atoms with Crippen LogP contribution in [0.2, 0.25) is 0 Å². The predicted molar refractivity (Wildman–Crippen MR) is 88.2 cm³/mol. The predicted octanol–water partition coefficient (Wildman–Crippen LogP) is 4.26. The van der Waals surface area contributed by atoms with Crippen LogP contribution in [-0.2, 0) is 6.54 Å². The zero-order valence-electron chi connectivity index (χ0n) is 12.6. The zero-order valence-corrected chi connectivity index (χ0v) is 13.4. The standard InChI is InChI=1S/C17H23N3S/c1-13-7-3-2-4-8-15(13)19-11-14-12-21-17(20-14)16-9-5-6-10-18-16/h5-6,9-10,12-13,15,19H,2-4,7-8,11H2,1H3. The minimum absolute atomic E-state index is 0.646. The first-order chi connectivity index (χ1) is 10.3. The van der Waals surface area contributed by atoms with Gasteiger partial charge in [-0.15, -0.1) is 11.3 Å². The number of hydrogen-bond acceptors (Lipinski definition) is 4. The van der Waals surface area contributed by atoms with Crippen LogP contribution in [0.25, 0.3) is 10.7 Å².